The molecule has 1 aliphatic heterocycles. The average Bonchev–Trinajstić information content (AvgIpc) is 2.73. The molecule has 0 saturated carbocycles. The van der Waals surface area contributed by atoms with Gasteiger partial charge < -0.3 is 15.1 Å². The van der Waals surface area contributed by atoms with E-state index in [2.05, 4.69) is 20.2 Å². The molecular formula is C21H25Cl2N5O. The summed E-state index contributed by atoms with van der Waals surface area (Å²) in [6.07, 6.45) is 3.00. The summed E-state index contributed by atoms with van der Waals surface area (Å²) in [6, 6.07) is 11.2. The molecule has 0 aliphatic carbocycles. The van der Waals surface area contributed by atoms with Crippen LogP contribution < -0.4 is 5.32 Å². The number of halogens is 2. The Hall–Kier alpha value is -2.31. The molecule has 3 rings (SSSR count). The van der Waals surface area contributed by atoms with Crippen molar-refractivity contribution in [1.82, 2.24) is 20.1 Å². The van der Waals surface area contributed by atoms with Gasteiger partial charge in [0.2, 0.25) is 5.91 Å². The van der Waals surface area contributed by atoms with Gasteiger partial charge in [0, 0.05) is 51.0 Å². The Bertz CT molecular complexity index is 848. The Morgan fingerprint density at radius 1 is 1.10 bits per heavy atom. The maximum Gasteiger partial charge on any atom is 0.227 e. The molecule has 2 heterocycles. The van der Waals surface area contributed by atoms with Crippen molar-refractivity contribution >= 4 is 35.1 Å². The highest BCUT2D eigenvalue weighted by atomic mass is 35.5. The zero-order chi connectivity index (χ0) is 20.6. The topological polar surface area (TPSA) is 60.8 Å². The second-order valence-electron chi connectivity index (χ2n) is 6.89. The molecule has 6 nitrogen and oxygen atoms in total. The van der Waals surface area contributed by atoms with E-state index in [1.165, 1.54) is 0 Å². The van der Waals surface area contributed by atoms with Crippen molar-refractivity contribution in [1.29, 1.82) is 0 Å². The van der Waals surface area contributed by atoms with Crippen LogP contribution in [-0.4, -0.2) is 66.4 Å². The number of nitrogens with zero attached hydrogens (tertiary/aromatic N) is 4. The van der Waals surface area contributed by atoms with E-state index in [4.69, 9.17) is 23.2 Å². The molecule has 1 saturated heterocycles. The van der Waals surface area contributed by atoms with Crippen molar-refractivity contribution in [2.24, 2.45) is 4.99 Å². The van der Waals surface area contributed by atoms with E-state index in [1.54, 1.807) is 19.3 Å². The molecule has 1 aromatic carbocycles. The molecule has 0 atom stereocenters. The molecule has 154 valence electrons. The Kier molecular flexibility index (Phi) is 7.72. The molecule has 0 bridgehead atoms. The number of pyridine rings is 1. The van der Waals surface area contributed by atoms with Crippen LogP contribution in [0.2, 0.25) is 10.2 Å². The fourth-order valence-electron chi connectivity index (χ4n) is 3.31. The van der Waals surface area contributed by atoms with Crippen molar-refractivity contribution in [2.45, 2.75) is 12.8 Å². The molecule has 0 radical (unpaired) electrons. The highest BCUT2D eigenvalue weighted by Gasteiger charge is 2.23. The van der Waals surface area contributed by atoms with Crippen LogP contribution in [-0.2, 0) is 17.6 Å². The quantitative estimate of drug-likeness (QED) is 0.447. The first-order valence-corrected chi connectivity index (χ1v) is 10.4. The van der Waals surface area contributed by atoms with Crippen molar-refractivity contribution in [2.75, 3.05) is 39.8 Å². The molecule has 1 fully saturated rings. The fraction of sp³-hybridized carbons (Fsp3) is 0.381. The van der Waals surface area contributed by atoms with E-state index < -0.39 is 0 Å². The van der Waals surface area contributed by atoms with Crippen LogP contribution >= 0.6 is 23.2 Å². The van der Waals surface area contributed by atoms with Crippen molar-refractivity contribution in [3.05, 3.63) is 63.9 Å². The van der Waals surface area contributed by atoms with Crippen LogP contribution in [0, 0.1) is 0 Å². The molecular weight excluding hydrogens is 409 g/mol. The molecule has 0 spiro atoms. The molecule has 29 heavy (non-hydrogen) atoms. The number of carbonyl (C=O) groups is 1. The smallest absolute Gasteiger partial charge is 0.227 e. The second kappa shape index (κ2) is 10.5. The summed E-state index contributed by atoms with van der Waals surface area (Å²) in [7, 11) is 1.78. The highest BCUT2D eigenvalue weighted by Crippen LogP contribution is 2.13. The third kappa shape index (κ3) is 6.34. The van der Waals surface area contributed by atoms with Crippen LogP contribution in [0.1, 0.15) is 11.1 Å². The van der Waals surface area contributed by atoms with E-state index in [1.807, 2.05) is 35.2 Å². The second-order valence-corrected chi connectivity index (χ2v) is 7.71. The van der Waals surface area contributed by atoms with Crippen molar-refractivity contribution in [3.8, 4) is 0 Å². The van der Waals surface area contributed by atoms with Crippen LogP contribution in [0.4, 0.5) is 0 Å². The number of amides is 1. The number of aliphatic imine (C=N–C) groups is 1. The molecule has 1 aromatic heterocycles. The van der Waals surface area contributed by atoms with Gasteiger partial charge in [-0.2, -0.15) is 0 Å². The lowest BCUT2D eigenvalue weighted by atomic mass is 10.1. The number of rotatable bonds is 5. The van der Waals surface area contributed by atoms with Gasteiger partial charge >= 0.3 is 0 Å². The molecule has 1 amide bonds. The summed E-state index contributed by atoms with van der Waals surface area (Å²) >= 11 is 11.8. The lowest BCUT2D eigenvalue weighted by Gasteiger charge is -2.36. The summed E-state index contributed by atoms with van der Waals surface area (Å²) in [5, 5.41) is 4.55. The number of hydrogen-bond acceptors (Lipinski definition) is 3. The first kappa shape index (κ1) is 21.4. The van der Waals surface area contributed by atoms with Gasteiger partial charge in [0.1, 0.15) is 5.15 Å². The van der Waals surface area contributed by atoms with Gasteiger partial charge in [0.25, 0.3) is 0 Å². The Morgan fingerprint density at radius 2 is 1.86 bits per heavy atom. The summed E-state index contributed by atoms with van der Waals surface area (Å²) in [5.41, 5.74) is 2.06. The van der Waals surface area contributed by atoms with Crippen LogP contribution in [0.3, 0.4) is 0 Å². The average molecular weight is 434 g/mol. The number of aromatic nitrogens is 1. The largest absolute Gasteiger partial charge is 0.356 e. The minimum absolute atomic E-state index is 0.130. The summed E-state index contributed by atoms with van der Waals surface area (Å²) in [4.78, 5) is 25.2. The maximum atomic E-state index is 12.6. The van der Waals surface area contributed by atoms with Gasteiger partial charge in [-0.15, -0.1) is 0 Å². The summed E-state index contributed by atoms with van der Waals surface area (Å²) in [6.45, 7) is 3.62. The SMILES string of the molecule is CN=C(NCCc1ccc(Cl)nc1)N1CCN(C(=O)Cc2cccc(Cl)c2)CC1. The number of carbonyl (C=O) groups excluding carboxylic acids is 1. The first-order valence-electron chi connectivity index (χ1n) is 9.63. The van der Waals surface area contributed by atoms with Gasteiger partial charge in [-0.3, -0.25) is 9.79 Å². The first-order chi connectivity index (χ1) is 14.0. The molecule has 8 heteroatoms. The molecule has 0 unspecified atom stereocenters. The molecule has 1 N–H and O–H groups in total. The van der Waals surface area contributed by atoms with Crippen molar-refractivity contribution < 1.29 is 4.79 Å². The van der Waals surface area contributed by atoms with Gasteiger partial charge in [-0.05, 0) is 35.7 Å². The third-order valence-corrected chi connectivity index (χ3v) is 5.33. The van der Waals surface area contributed by atoms with Gasteiger partial charge in [-0.25, -0.2) is 4.98 Å². The van der Waals surface area contributed by atoms with Gasteiger partial charge in [0.15, 0.2) is 5.96 Å². The van der Waals surface area contributed by atoms with Gasteiger partial charge in [0.05, 0.1) is 6.42 Å². The monoisotopic (exact) mass is 433 g/mol. The molecule has 2 aromatic rings. The van der Waals surface area contributed by atoms with Crippen LogP contribution in [0.15, 0.2) is 47.6 Å². The van der Waals surface area contributed by atoms with E-state index in [0.717, 1.165) is 43.1 Å². The maximum absolute atomic E-state index is 12.6. The predicted molar refractivity (Wildman–Crippen MR) is 118 cm³/mol. The van der Waals surface area contributed by atoms with Crippen LogP contribution in [0.5, 0.6) is 0 Å². The lowest BCUT2D eigenvalue weighted by molar-refractivity contribution is -0.131. The number of guanidine groups is 1. The van der Waals surface area contributed by atoms with E-state index in [0.29, 0.717) is 29.7 Å². The standard InChI is InChI=1S/C21H25Cl2N5O/c1-24-21(25-8-7-16-5-6-19(23)26-15-16)28-11-9-27(10-12-28)20(29)14-17-3-2-4-18(22)13-17/h2-6,13,15H,7-12,14H2,1H3,(H,24,25). The summed E-state index contributed by atoms with van der Waals surface area (Å²) < 4.78 is 0. The third-order valence-electron chi connectivity index (χ3n) is 4.87. The minimum atomic E-state index is 0.130. The van der Waals surface area contributed by atoms with E-state index in [9.17, 15) is 4.79 Å². The number of piperazine rings is 1. The Labute approximate surface area is 181 Å². The zero-order valence-corrected chi connectivity index (χ0v) is 18.0. The van der Waals surface area contributed by atoms with Crippen molar-refractivity contribution in [3.63, 3.8) is 0 Å². The fourth-order valence-corrected chi connectivity index (χ4v) is 3.63. The van der Waals surface area contributed by atoms with Crippen LogP contribution in [0.25, 0.3) is 0 Å². The zero-order valence-electron chi connectivity index (χ0n) is 16.4. The van der Waals surface area contributed by atoms with E-state index >= 15 is 0 Å². The molecule has 1 aliphatic rings. The number of benzene rings is 1. The number of nitrogens with one attached hydrogen (secondary N) is 1. The normalized spacial score (nSPS) is 14.8. The Morgan fingerprint density at radius 3 is 2.52 bits per heavy atom. The minimum Gasteiger partial charge on any atom is -0.356 e. The summed E-state index contributed by atoms with van der Waals surface area (Å²) in [5.74, 6) is 0.985. The van der Waals surface area contributed by atoms with E-state index in [-0.39, 0.29) is 5.91 Å². The van der Waals surface area contributed by atoms with Gasteiger partial charge in [-0.1, -0.05) is 41.4 Å². The predicted octanol–water partition coefficient (Wildman–Crippen LogP) is 2.89. The Balaban J connectivity index is 1.44. The highest BCUT2D eigenvalue weighted by molar-refractivity contribution is 6.30. The lowest BCUT2D eigenvalue weighted by Crippen LogP contribution is -2.54. The number of hydrogen-bond donors (Lipinski definition) is 1.